The lowest BCUT2D eigenvalue weighted by atomic mass is 9.71. The molecule has 0 radical (unpaired) electrons. The van der Waals surface area contributed by atoms with E-state index in [4.69, 9.17) is 5.11 Å². The summed E-state index contributed by atoms with van der Waals surface area (Å²) in [5, 5.41) is 12.3. The quantitative estimate of drug-likeness (QED) is 0.640. The molecule has 0 aromatic heterocycles. The minimum atomic E-state index is -0.593. The van der Waals surface area contributed by atoms with Gasteiger partial charge in [0.15, 0.2) is 0 Å². The smallest absolute Gasteiger partial charge is 0.306 e. The van der Waals surface area contributed by atoms with Crippen LogP contribution in [0.25, 0.3) is 0 Å². The highest BCUT2D eigenvalue weighted by atomic mass is 16.4. The first-order valence-corrected chi connectivity index (χ1v) is 5.21. The van der Waals surface area contributed by atoms with E-state index in [0.717, 1.165) is 38.3 Å². The minimum absolute atomic E-state index is 0.0684. The molecule has 3 unspecified atom stereocenters. The van der Waals surface area contributed by atoms with Crippen LogP contribution in [0.2, 0.25) is 0 Å². The van der Waals surface area contributed by atoms with Gasteiger partial charge in [0.1, 0.15) is 0 Å². The first-order valence-electron chi connectivity index (χ1n) is 5.21. The van der Waals surface area contributed by atoms with Crippen LogP contribution in [-0.2, 0) is 4.79 Å². The third kappa shape index (κ3) is 1.85. The van der Waals surface area contributed by atoms with Crippen molar-refractivity contribution < 1.29 is 9.90 Å². The molecule has 1 aliphatic carbocycles. The second kappa shape index (κ2) is 3.66. The Morgan fingerprint density at radius 1 is 1.23 bits per heavy atom. The van der Waals surface area contributed by atoms with E-state index in [1.807, 2.05) is 0 Å². The molecule has 1 saturated carbocycles. The summed E-state index contributed by atoms with van der Waals surface area (Å²) in [5.74, 6) is 0.769. The number of carboxylic acids is 1. The molecule has 1 heterocycles. The summed E-state index contributed by atoms with van der Waals surface area (Å²) in [5.41, 5.74) is 0. The van der Waals surface area contributed by atoms with Crippen molar-refractivity contribution >= 4 is 5.97 Å². The van der Waals surface area contributed by atoms with E-state index in [9.17, 15) is 4.79 Å². The summed E-state index contributed by atoms with van der Waals surface area (Å²) < 4.78 is 0. The van der Waals surface area contributed by atoms with Crippen LogP contribution in [-0.4, -0.2) is 24.2 Å². The lowest BCUT2D eigenvalue weighted by Crippen LogP contribution is -2.41. The summed E-state index contributed by atoms with van der Waals surface area (Å²) in [4.78, 5) is 10.8. The van der Waals surface area contributed by atoms with Crippen molar-refractivity contribution in [2.75, 3.05) is 13.1 Å². The fourth-order valence-corrected chi connectivity index (χ4v) is 2.76. The molecule has 2 rings (SSSR count). The van der Waals surface area contributed by atoms with Crippen molar-refractivity contribution in [2.24, 2.45) is 17.8 Å². The third-order valence-corrected chi connectivity index (χ3v) is 3.59. The van der Waals surface area contributed by atoms with Gasteiger partial charge in [0.05, 0.1) is 5.92 Å². The van der Waals surface area contributed by atoms with Crippen molar-refractivity contribution in [2.45, 2.75) is 25.7 Å². The molecule has 0 spiro atoms. The average Bonchev–Trinajstić information content (AvgIpc) is 2.17. The van der Waals surface area contributed by atoms with Gasteiger partial charge in [0.2, 0.25) is 0 Å². The Kier molecular flexibility index (Phi) is 2.54. The van der Waals surface area contributed by atoms with Crippen LogP contribution >= 0.6 is 0 Å². The Bertz CT molecular complexity index is 205. The molecule has 2 fully saturated rings. The first kappa shape index (κ1) is 9.00. The molecule has 1 saturated heterocycles. The summed E-state index contributed by atoms with van der Waals surface area (Å²) in [6.45, 7) is 2.16. The van der Waals surface area contributed by atoms with Gasteiger partial charge in [-0.25, -0.2) is 0 Å². The van der Waals surface area contributed by atoms with E-state index in [1.54, 1.807) is 0 Å². The molecule has 0 bridgehead atoms. The lowest BCUT2D eigenvalue weighted by molar-refractivity contribution is -0.144. The highest BCUT2D eigenvalue weighted by Crippen LogP contribution is 2.36. The number of hydrogen-bond acceptors (Lipinski definition) is 2. The van der Waals surface area contributed by atoms with Crippen LogP contribution in [0.5, 0.6) is 0 Å². The number of aliphatic carboxylic acids is 1. The van der Waals surface area contributed by atoms with Crippen molar-refractivity contribution in [1.29, 1.82) is 0 Å². The number of fused-ring (bicyclic) bond motifs is 1. The molecule has 0 aromatic carbocycles. The second-order valence-corrected chi connectivity index (χ2v) is 4.36. The van der Waals surface area contributed by atoms with Gasteiger partial charge in [-0.05, 0) is 50.6 Å². The maximum Gasteiger partial charge on any atom is 0.306 e. The molecule has 2 aliphatic rings. The van der Waals surface area contributed by atoms with Crippen LogP contribution in [0.1, 0.15) is 25.7 Å². The summed E-state index contributed by atoms with van der Waals surface area (Å²) >= 11 is 0. The fraction of sp³-hybridized carbons (Fsp3) is 0.900. The standard InChI is InChI=1S/C10H17NO2/c12-10(13)8-2-1-7-3-4-11-6-9(7)5-8/h7-9,11H,1-6H2,(H,12,13). The van der Waals surface area contributed by atoms with Crippen LogP contribution in [0.15, 0.2) is 0 Å². The number of nitrogens with one attached hydrogen (secondary N) is 1. The number of carbonyl (C=O) groups is 1. The van der Waals surface area contributed by atoms with E-state index in [2.05, 4.69) is 5.32 Å². The Morgan fingerprint density at radius 3 is 2.85 bits per heavy atom. The highest BCUT2D eigenvalue weighted by molar-refractivity contribution is 5.70. The molecule has 2 N–H and O–H groups in total. The fourth-order valence-electron chi connectivity index (χ4n) is 2.76. The summed E-state index contributed by atoms with van der Waals surface area (Å²) in [7, 11) is 0. The predicted octanol–water partition coefficient (Wildman–Crippen LogP) is 1.10. The van der Waals surface area contributed by atoms with Gasteiger partial charge in [-0.3, -0.25) is 4.79 Å². The Hall–Kier alpha value is -0.570. The van der Waals surface area contributed by atoms with Crippen LogP contribution in [0.3, 0.4) is 0 Å². The van der Waals surface area contributed by atoms with Crippen molar-refractivity contribution in [3.63, 3.8) is 0 Å². The number of carboxylic acid groups (broad SMARTS) is 1. The summed E-state index contributed by atoms with van der Waals surface area (Å²) in [6, 6.07) is 0. The SMILES string of the molecule is O=C(O)C1CCC2CCNCC2C1. The molecule has 0 aromatic rings. The maximum absolute atomic E-state index is 10.8. The largest absolute Gasteiger partial charge is 0.481 e. The van der Waals surface area contributed by atoms with Crippen molar-refractivity contribution in [3.05, 3.63) is 0 Å². The molecule has 3 nitrogen and oxygen atoms in total. The van der Waals surface area contributed by atoms with E-state index in [1.165, 1.54) is 6.42 Å². The van der Waals surface area contributed by atoms with Gasteiger partial charge >= 0.3 is 5.97 Å². The van der Waals surface area contributed by atoms with E-state index in [0.29, 0.717) is 5.92 Å². The van der Waals surface area contributed by atoms with Gasteiger partial charge in [-0.2, -0.15) is 0 Å². The van der Waals surface area contributed by atoms with Gasteiger partial charge < -0.3 is 10.4 Å². The lowest BCUT2D eigenvalue weighted by Gasteiger charge is -2.38. The zero-order valence-corrected chi connectivity index (χ0v) is 7.83. The topological polar surface area (TPSA) is 49.3 Å². The Balaban J connectivity index is 1.95. The summed E-state index contributed by atoms with van der Waals surface area (Å²) in [6.07, 6.45) is 4.17. The highest BCUT2D eigenvalue weighted by Gasteiger charge is 2.34. The third-order valence-electron chi connectivity index (χ3n) is 3.59. The molecular weight excluding hydrogens is 166 g/mol. The van der Waals surface area contributed by atoms with Crippen LogP contribution in [0.4, 0.5) is 0 Å². The van der Waals surface area contributed by atoms with E-state index in [-0.39, 0.29) is 5.92 Å². The Labute approximate surface area is 78.5 Å². The van der Waals surface area contributed by atoms with Crippen LogP contribution < -0.4 is 5.32 Å². The average molecular weight is 183 g/mol. The minimum Gasteiger partial charge on any atom is -0.481 e. The second-order valence-electron chi connectivity index (χ2n) is 4.36. The van der Waals surface area contributed by atoms with Gasteiger partial charge in [-0.15, -0.1) is 0 Å². The zero-order valence-electron chi connectivity index (χ0n) is 7.83. The predicted molar refractivity (Wildman–Crippen MR) is 49.4 cm³/mol. The molecule has 13 heavy (non-hydrogen) atoms. The van der Waals surface area contributed by atoms with Gasteiger partial charge in [0.25, 0.3) is 0 Å². The molecule has 74 valence electrons. The normalized spacial score (nSPS) is 39.5. The molecule has 1 aliphatic heterocycles. The number of piperidine rings is 1. The monoisotopic (exact) mass is 183 g/mol. The van der Waals surface area contributed by atoms with Crippen molar-refractivity contribution in [3.8, 4) is 0 Å². The molecule has 3 atom stereocenters. The number of hydrogen-bond donors (Lipinski definition) is 2. The zero-order chi connectivity index (χ0) is 9.26. The van der Waals surface area contributed by atoms with Gasteiger partial charge in [0, 0.05) is 0 Å². The molecule has 3 heteroatoms. The van der Waals surface area contributed by atoms with E-state index >= 15 is 0 Å². The molecular formula is C10H17NO2. The van der Waals surface area contributed by atoms with E-state index < -0.39 is 5.97 Å². The molecule has 0 amide bonds. The first-order chi connectivity index (χ1) is 6.27. The maximum atomic E-state index is 10.8. The van der Waals surface area contributed by atoms with Gasteiger partial charge in [-0.1, -0.05) is 0 Å². The Morgan fingerprint density at radius 2 is 2.08 bits per heavy atom. The number of rotatable bonds is 1. The van der Waals surface area contributed by atoms with Crippen molar-refractivity contribution in [1.82, 2.24) is 5.32 Å². The van der Waals surface area contributed by atoms with Crippen LogP contribution in [0, 0.1) is 17.8 Å².